The van der Waals surface area contributed by atoms with Gasteiger partial charge in [0.1, 0.15) is 17.5 Å². The van der Waals surface area contributed by atoms with Crippen LogP contribution in [0.1, 0.15) is 53.4 Å². The Labute approximate surface area is 227 Å². The van der Waals surface area contributed by atoms with E-state index in [1.54, 1.807) is 46.2 Å². The highest BCUT2D eigenvalue weighted by Gasteiger charge is 2.61. The zero-order valence-corrected chi connectivity index (χ0v) is 23.5. The number of fused-ring (bicyclic) bond motifs is 1. The number of Topliss-reactive ketones (excluding diaryl/α,β-unsaturated/α-hetero) is 1. The Hall–Kier alpha value is -3.07. The second-order valence-corrected chi connectivity index (χ2v) is 11.4. The molecule has 4 rings (SSSR count). The minimum absolute atomic E-state index is 0.0107. The Balaban J connectivity index is 1.59. The fourth-order valence-electron chi connectivity index (χ4n) is 5.38. The third-order valence-electron chi connectivity index (χ3n) is 7.37. The molecule has 9 nitrogen and oxygen atoms in total. The van der Waals surface area contributed by atoms with Crippen LogP contribution in [0, 0.1) is 11.3 Å². The van der Waals surface area contributed by atoms with Gasteiger partial charge < -0.3 is 18.9 Å². The van der Waals surface area contributed by atoms with Gasteiger partial charge in [0.2, 0.25) is 5.88 Å². The summed E-state index contributed by atoms with van der Waals surface area (Å²) in [5.74, 6) is 0.378. The minimum Gasteiger partial charge on any atom is -0.495 e. The van der Waals surface area contributed by atoms with Gasteiger partial charge in [0, 0.05) is 29.8 Å². The predicted molar refractivity (Wildman–Crippen MR) is 142 cm³/mol. The maximum atomic E-state index is 13.6. The molecule has 1 unspecified atom stereocenters. The molecule has 2 aromatic rings. The van der Waals surface area contributed by atoms with Crippen LogP contribution in [-0.4, -0.2) is 66.2 Å². The normalized spacial score (nSPS) is 24.7. The number of aromatic nitrogens is 1. The molecule has 2 heterocycles. The summed E-state index contributed by atoms with van der Waals surface area (Å²) in [6.07, 6.45) is 2.09. The van der Waals surface area contributed by atoms with Crippen molar-refractivity contribution in [3.05, 3.63) is 29.4 Å². The van der Waals surface area contributed by atoms with E-state index in [-0.39, 0.29) is 37.1 Å². The molecule has 0 N–H and O–H groups in total. The average Bonchev–Trinajstić information content (AvgIpc) is 3.41. The van der Waals surface area contributed by atoms with Gasteiger partial charge >= 0.3 is 12.1 Å². The number of hydrogen-bond acceptors (Lipinski definition) is 8. The van der Waals surface area contributed by atoms with E-state index in [9.17, 15) is 14.4 Å². The van der Waals surface area contributed by atoms with Crippen molar-refractivity contribution >= 4 is 40.2 Å². The molecule has 206 valence electrons. The third kappa shape index (κ3) is 5.39. The number of ether oxygens (including phenoxy) is 4. The Bertz CT molecular complexity index is 1240. The molecule has 38 heavy (non-hydrogen) atoms. The number of amides is 1. The lowest BCUT2D eigenvalue weighted by molar-refractivity contribution is -0.150. The predicted octanol–water partition coefficient (Wildman–Crippen LogP) is 5.20. The van der Waals surface area contributed by atoms with Crippen LogP contribution >= 0.6 is 11.6 Å². The van der Waals surface area contributed by atoms with E-state index in [2.05, 4.69) is 4.98 Å². The summed E-state index contributed by atoms with van der Waals surface area (Å²) in [5.41, 5.74) is -1.57. The molecule has 10 heteroatoms. The zero-order valence-electron chi connectivity index (χ0n) is 22.7. The zero-order chi connectivity index (χ0) is 27.8. The number of carbonyl (C=O) groups is 3. The molecule has 1 saturated carbocycles. The van der Waals surface area contributed by atoms with Gasteiger partial charge in [-0.15, -0.1) is 0 Å². The van der Waals surface area contributed by atoms with Crippen molar-refractivity contribution in [2.24, 2.45) is 11.3 Å². The van der Waals surface area contributed by atoms with Gasteiger partial charge in [0.05, 0.1) is 37.2 Å². The Morgan fingerprint density at radius 1 is 1.16 bits per heavy atom. The summed E-state index contributed by atoms with van der Waals surface area (Å²) in [7, 11) is 2.88. The molecule has 1 aliphatic heterocycles. The Morgan fingerprint density at radius 2 is 1.89 bits per heavy atom. The van der Waals surface area contributed by atoms with E-state index in [1.165, 1.54) is 12.0 Å². The summed E-state index contributed by atoms with van der Waals surface area (Å²) >= 11 is 6.49. The molecule has 1 aliphatic carbocycles. The molecule has 1 amide bonds. The van der Waals surface area contributed by atoms with Crippen LogP contribution < -0.4 is 9.47 Å². The van der Waals surface area contributed by atoms with Crippen molar-refractivity contribution < 1.29 is 33.3 Å². The summed E-state index contributed by atoms with van der Waals surface area (Å²) in [6.45, 7) is 7.44. The van der Waals surface area contributed by atoms with Crippen LogP contribution in [0.25, 0.3) is 10.8 Å². The molecule has 4 atom stereocenters. The number of carbonyl (C=O) groups excluding carboxylic acids is 3. The molecule has 0 radical (unpaired) electrons. The quantitative estimate of drug-likeness (QED) is 0.416. The number of esters is 1. The molecular formula is C28H35ClN2O7. The monoisotopic (exact) mass is 546 g/mol. The van der Waals surface area contributed by atoms with Crippen molar-refractivity contribution in [1.29, 1.82) is 0 Å². The van der Waals surface area contributed by atoms with Crippen molar-refractivity contribution in [2.75, 3.05) is 20.8 Å². The second-order valence-electron chi connectivity index (χ2n) is 11.0. The van der Waals surface area contributed by atoms with Crippen LogP contribution in [0.2, 0.25) is 5.02 Å². The van der Waals surface area contributed by atoms with Crippen molar-refractivity contribution in [3.8, 4) is 11.6 Å². The third-order valence-corrected chi connectivity index (χ3v) is 7.76. The highest BCUT2D eigenvalue weighted by Crippen LogP contribution is 2.58. The molecule has 2 aliphatic rings. The highest BCUT2D eigenvalue weighted by molar-refractivity contribution is 6.37. The van der Waals surface area contributed by atoms with Gasteiger partial charge in [-0.3, -0.25) is 14.5 Å². The van der Waals surface area contributed by atoms with Crippen molar-refractivity contribution in [2.45, 2.75) is 71.1 Å². The number of ketones is 1. The molecule has 0 spiro atoms. The molecular weight excluding hydrogens is 512 g/mol. The van der Waals surface area contributed by atoms with Crippen molar-refractivity contribution in [1.82, 2.24) is 9.88 Å². The standard InChI is InChI=1S/C28H35ClN2O7/c1-7-16-13-28(16,25(33)36-6)14-21(32)20-12-17(15-31(20)26(34)38-27(2,3)4)37-24-19-8-9-22(35-5)23(29)18(19)10-11-30-24/h8-11,16-17,20H,7,12-15H2,1-6H3/t16-,17-,20+,28?/m1/s1. The molecule has 1 aromatic heterocycles. The second kappa shape index (κ2) is 10.6. The van der Waals surface area contributed by atoms with Gasteiger partial charge in [-0.2, -0.15) is 0 Å². The van der Waals surface area contributed by atoms with E-state index in [0.29, 0.717) is 33.8 Å². The molecule has 1 aromatic carbocycles. The number of halogens is 1. The lowest BCUT2D eigenvalue weighted by Crippen LogP contribution is -2.44. The lowest BCUT2D eigenvalue weighted by atomic mass is 9.91. The van der Waals surface area contributed by atoms with Gasteiger partial charge in [0.15, 0.2) is 5.78 Å². The lowest BCUT2D eigenvalue weighted by Gasteiger charge is -2.28. The first-order chi connectivity index (χ1) is 17.9. The van der Waals surface area contributed by atoms with Gasteiger partial charge in [0.25, 0.3) is 0 Å². The number of methoxy groups -OCH3 is 2. The number of nitrogens with zero attached hydrogens (tertiary/aromatic N) is 2. The summed E-state index contributed by atoms with van der Waals surface area (Å²) in [6, 6.07) is 4.52. The minimum atomic E-state index is -0.827. The molecule has 0 bridgehead atoms. The summed E-state index contributed by atoms with van der Waals surface area (Å²) in [5, 5.41) is 1.84. The first kappa shape index (κ1) is 28.0. The van der Waals surface area contributed by atoms with Crippen LogP contribution in [0.3, 0.4) is 0 Å². The van der Waals surface area contributed by atoms with Crippen LogP contribution in [0.5, 0.6) is 11.6 Å². The number of likely N-dealkylation sites (tertiary alicyclic amines) is 1. The average molecular weight is 547 g/mol. The fraction of sp³-hybridized carbons (Fsp3) is 0.571. The van der Waals surface area contributed by atoms with E-state index < -0.39 is 29.3 Å². The van der Waals surface area contributed by atoms with E-state index in [4.69, 9.17) is 30.5 Å². The molecule has 2 fully saturated rings. The van der Waals surface area contributed by atoms with E-state index in [1.807, 2.05) is 13.0 Å². The van der Waals surface area contributed by atoms with E-state index >= 15 is 0 Å². The smallest absolute Gasteiger partial charge is 0.411 e. The van der Waals surface area contributed by atoms with Gasteiger partial charge in [-0.05, 0) is 51.3 Å². The van der Waals surface area contributed by atoms with Gasteiger partial charge in [-0.25, -0.2) is 9.78 Å². The number of rotatable bonds is 8. The Morgan fingerprint density at radius 3 is 2.50 bits per heavy atom. The highest BCUT2D eigenvalue weighted by atomic mass is 35.5. The van der Waals surface area contributed by atoms with E-state index in [0.717, 1.165) is 6.42 Å². The maximum absolute atomic E-state index is 13.6. The first-order valence-corrected chi connectivity index (χ1v) is 13.2. The number of hydrogen-bond donors (Lipinski definition) is 0. The topological polar surface area (TPSA) is 104 Å². The first-order valence-electron chi connectivity index (χ1n) is 12.8. The fourth-order valence-corrected chi connectivity index (χ4v) is 5.68. The number of pyridine rings is 1. The van der Waals surface area contributed by atoms with Crippen LogP contribution in [0.4, 0.5) is 4.79 Å². The Kier molecular flexibility index (Phi) is 7.79. The summed E-state index contributed by atoms with van der Waals surface area (Å²) in [4.78, 5) is 45.2. The maximum Gasteiger partial charge on any atom is 0.411 e. The summed E-state index contributed by atoms with van der Waals surface area (Å²) < 4.78 is 22.2. The number of benzene rings is 1. The van der Waals surface area contributed by atoms with Crippen LogP contribution in [0.15, 0.2) is 24.4 Å². The van der Waals surface area contributed by atoms with Gasteiger partial charge in [-0.1, -0.05) is 24.9 Å². The SMILES string of the molecule is CC[C@@H]1CC1(CC(=O)[C@@H]1C[C@@H](Oc2nccc3c(Cl)c(OC)ccc23)CN1C(=O)OC(C)(C)C)C(=O)OC. The largest absolute Gasteiger partial charge is 0.495 e. The van der Waals surface area contributed by atoms with Crippen molar-refractivity contribution in [3.63, 3.8) is 0 Å². The van der Waals surface area contributed by atoms with Crippen LogP contribution in [-0.2, 0) is 19.1 Å². The molecule has 1 saturated heterocycles.